The van der Waals surface area contributed by atoms with Crippen LogP contribution in [0.2, 0.25) is 0 Å². The molecule has 0 aliphatic carbocycles. The highest BCUT2D eigenvalue weighted by Gasteiger charge is 2.22. The summed E-state index contributed by atoms with van der Waals surface area (Å²) in [6, 6.07) is 13.3. The van der Waals surface area contributed by atoms with Gasteiger partial charge in [-0.1, -0.05) is 0 Å². The lowest BCUT2D eigenvalue weighted by molar-refractivity contribution is -0.150. The molecule has 0 aliphatic heterocycles. The zero-order valence-electron chi connectivity index (χ0n) is 38.7. The predicted molar refractivity (Wildman–Crippen MR) is 257 cm³/mol. The topological polar surface area (TPSA) is 386 Å². The standard InChI is InChI=1S/C25H29N7O5.C21H21N7O5/c1-25(2,3)37-23(36)15(7-10-19(34)35)11-18(33)14-5-8-17(9-6-14)32(4)13-16-12-28-22-20(29-16)21(26)30-24(27)31-22;1-28(10-13-9-24-19-17(25-13)18(22)26-21(23)27-19)14-5-2-11(3-6-14)15(29)8-12(20(32)33)4-7-16(30)31/h5-6,8-9,11-12H,7,10,13H2,1-4H3,(H,34,35)(H4,26,27,28,30,31);2-3,5-6,8-9H,4,7,10H2,1H3,(H,30,31)(H,32,33)(H4,22,23,24,26,27)/b15-11-;12-8-. The van der Waals surface area contributed by atoms with Crippen LogP contribution in [0.25, 0.3) is 22.3 Å². The number of aromatic nitrogens is 8. The number of carboxylic acid groups (broad SMARTS) is 3. The summed E-state index contributed by atoms with van der Waals surface area (Å²) < 4.78 is 5.32. The van der Waals surface area contributed by atoms with Crippen molar-refractivity contribution in [2.75, 3.05) is 46.8 Å². The Bertz CT molecular complexity index is 3030. The molecular formula is C46H50N14O10. The van der Waals surface area contributed by atoms with Gasteiger partial charge in [0.2, 0.25) is 11.9 Å². The van der Waals surface area contributed by atoms with Gasteiger partial charge in [-0.3, -0.25) is 19.2 Å². The van der Waals surface area contributed by atoms with E-state index in [2.05, 4.69) is 39.9 Å². The summed E-state index contributed by atoms with van der Waals surface area (Å²) in [6.07, 6.45) is 4.18. The van der Waals surface area contributed by atoms with Gasteiger partial charge in [0, 0.05) is 60.6 Å². The molecule has 11 N–H and O–H groups in total. The van der Waals surface area contributed by atoms with Crippen LogP contribution in [-0.2, 0) is 37.0 Å². The number of aliphatic carboxylic acids is 3. The number of hydrogen-bond donors (Lipinski definition) is 7. The van der Waals surface area contributed by atoms with Crippen molar-refractivity contribution in [1.29, 1.82) is 0 Å². The minimum absolute atomic E-state index is 0.00315. The van der Waals surface area contributed by atoms with Gasteiger partial charge in [-0.15, -0.1) is 0 Å². The Morgan fingerprint density at radius 2 is 0.957 bits per heavy atom. The van der Waals surface area contributed by atoms with Crippen LogP contribution in [0, 0.1) is 0 Å². The van der Waals surface area contributed by atoms with E-state index in [1.165, 1.54) is 0 Å². The van der Waals surface area contributed by atoms with Crippen LogP contribution < -0.4 is 32.7 Å². The molecule has 0 saturated carbocycles. The van der Waals surface area contributed by atoms with Crippen molar-refractivity contribution >= 4 is 92.7 Å². The molecule has 0 bridgehead atoms. The van der Waals surface area contributed by atoms with Crippen molar-refractivity contribution in [3.05, 3.63) is 107 Å². The Hall–Kier alpha value is -9.22. The number of rotatable bonds is 18. The maximum absolute atomic E-state index is 12.8. The first-order chi connectivity index (χ1) is 33.0. The monoisotopic (exact) mass is 958 g/mol. The highest BCUT2D eigenvalue weighted by molar-refractivity contribution is 6.09. The first-order valence-corrected chi connectivity index (χ1v) is 21.1. The normalized spacial score (nSPS) is 11.6. The molecule has 6 rings (SSSR count). The molecule has 4 aromatic heterocycles. The van der Waals surface area contributed by atoms with Crippen molar-refractivity contribution in [2.45, 2.75) is 65.1 Å². The van der Waals surface area contributed by atoms with Crippen LogP contribution in [0.3, 0.4) is 0 Å². The number of nitrogens with two attached hydrogens (primary N) is 4. The van der Waals surface area contributed by atoms with Gasteiger partial charge in [0.05, 0.1) is 36.9 Å². The Labute approximate surface area is 399 Å². The zero-order valence-corrected chi connectivity index (χ0v) is 38.7. The van der Waals surface area contributed by atoms with Gasteiger partial charge >= 0.3 is 23.9 Å². The van der Waals surface area contributed by atoms with Gasteiger partial charge in [-0.2, -0.15) is 19.9 Å². The first-order valence-electron chi connectivity index (χ1n) is 21.1. The van der Waals surface area contributed by atoms with Gasteiger partial charge in [0.25, 0.3) is 0 Å². The summed E-state index contributed by atoms with van der Waals surface area (Å²) in [6.45, 7) is 5.84. The number of esters is 1. The first kappa shape index (κ1) is 51.8. The Morgan fingerprint density at radius 3 is 1.33 bits per heavy atom. The highest BCUT2D eigenvalue weighted by Crippen LogP contribution is 2.23. The molecule has 2 aromatic carbocycles. The Kier molecular flexibility index (Phi) is 16.6. The van der Waals surface area contributed by atoms with E-state index in [4.69, 9.17) is 37.9 Å². The fraction of sp³-hybridized carbons (Fsp3) is 0.261. The molecule has 0 amide bonds. The Balaban J connectivity index is 0.000000262. The number of nitrogen functional groups attached to an aromatic ring is 4. The van der Waals surface area contributed by atoms with Crippen molar-refractivity contribution in [3.8, 4) is 0 Å². The number of carboxylic acids is 3. The minimum atomic E-state index is -1.33. The molecule has 0 aliphatic rings. The van der Waals surface area contributed by atoms with Crippen molar-refractivity contribution in [1.82, 2.24) is 39.9 Å². The van der Waals surface area contributed by atoms with E-state index < -0.39 is 41.0 Å². The third kappa shape index (κ3) is 14.6. The summed E-state index contributed by atoms with van der Waals surface area (Å²) >= 11 is 0. The van der Waals surface area contributed by atoms with Crippen LogP contribution in [0.4, 0.5) is 34.9 Å². The van der Waals surface area contributed by atoms with E-state index in [1.54, 1.807) is 81.7 Å². The molecule has 0 saturated heterocycles. The third-order valence-corrected chi connectivity index (χ3v) is 9.75. The average molecular weight is 959 g/mol. The molecule has 24 heteroatoms. The van der Waals surface area contributed by atoms with Crippen molar-refractivity contribution < 1.29 is 48.8 Å². The molecule has 0 radical (unpaired) electrons. The van der Waals surface area contributed by atoms with Crippen LogP contribution >= 0.6 is 0 Å². The molecule has 0 fully saturated rings. The summed E-state index contributed by atoms with van der Waals surface area (Å²) in [5.74, 6) is -4.91. The minimum Gasteiger partial charge on any atom is -0.481 e. The molecule has 24 nitrogen and oxygen atoms in total. The quantitative estimate of drug-likeness (QED) is 0.0366. The van der Waals surface area contributed by atoms with E-state index in [9.17, 15) is 33.9 Å². The molecule has 6 aromatic rings. The number of ketones is 2. The molecule has 70 heavy (non-hydrogen) atoms. The summed E-state index contributed by atoms with van der Waals surface area (Å²) in [4.78, 5) is 108. The number of benzene rings is 2. The molecule has 0 unspecified atom stereocenters. The largest absolute Gasteiger partial charge is 0.481 e. The summed E-state index contributed by atoms with van der Waals surface area (Å²) in [5, 5.41) is 26.9. The number of anilines is 6. The van der Waals surface area contributed by atoms with E-state index >= 15 is 0 Å². The van der Waals surface area contributed by atoms with Crippen LogP contribution in [0.1, 0.15) is 78.6 Å². The number of allylic oxidation sites excluding steroid dienone is 2. The third-order valence-electron chi connectivity index (χ3n) is 9.75. The lowest BCUT2D eigenvalue weighted by Crippen LogP contribution is -2.25. The molecule has 4 heterocycles. The van der Waals surface area contributed by atoms with Crippen LogP contribution in [-0.4, -0.2) is 110 Å². The SMILES string of the molecule is CN(Cc1cnc2nc(N)nc(N)c2n1)c1ccc(C(=O)/C=C(/CCC(=O)O)C(=O)O)cc1.CN(Cc1cnc2nc(N)nc(N)c2n1)c1ccc(C(=O)/C=C(/CCC(=O)O)C(=O)OC(C)(C)C)cc1. The van der Waals surface area contributed by atoms with E-state index in [0.717, 1.165) is 23.5 Å². The average Bonchev–Trinajstić information content (AvgIpc) is 3.28. The summed E-state index contributed by atoms with van der Waals surface area (Å²) in [7, 11) is 3.66. The second-order valence-electron chi connectivity index (χ2n) is 16.5. The van der Waals surface area contributed by atoms with Gasteiger partial charge in [-0.25, -0.2) is 29.5 Å². The maximum atomic E-state index is 12.8. The lowest BCUT2D eigenvalue weighted by atomic mass is 10.0. The number of fused-ring (bicyclic) bond motifs is 2. The number of hydrogen-bond acceptors (Lipinski definition) is 21. The Morgan fingerprint density at radius 1 is 0.571 bits per heavy atom. The van der Waals surface area contributed by atoms with E-state index in [-0.39, 0.29) is 65.9 Å². The van der Waals surface area contributed by atoms with E-state index in [1.807, 2.05) is 23.9 Å². The molecular weight excluding hydrogens is 909 g/mol. The van der Waals surface area contributed by atoms with Crippen molar-refractivity contribution in [3.63, 3.8) is 0 Å². The number of carbonyl (C=O) groups is 6. The van der Waals surface area contributed by atoms with Crippen LogP contribution in [0.5, 0.6) is 0 Å². The fourth-order valence-electron chi connectivity index (χ4n) is 6.33. The second-order valence-corrected chi connectivity index (χ2v) is 16.5. The molecule has 0 spiro atoms. The van der Waals surface area contributed by atoms with Gasteiger partial charge in [0.1, 0.15) is 5.60 Å². The highest BCUT2D eigenvalue weighted by atomic mass is 16.6. The van der Waals surface area contributed by atoms with Gasteiger partial charge in [-0.05, 0) is 94.3 Å². The maximum Gasteiger partial charge on any atom is 0.334 e. The second kappa shape index (κ2) is 22.5. The molecule has 0 atom stereocenters. The molecule has 364 valence electrons. The predicted octanol–water partition coefficient (Wildman–Crippen LogP) is 3.82. The van der Waals surface area contributed by atoms with E-state index in [0.29, 0.717) is 52.4 Å². The zero-order chi connectivity index (χ0) is 51.4. The fourth-order valence-corrected chi connectivity index (χ4v) is 6.33. The lowest BCUT2D eigenvalue weighted by Gasteiger charge is -2.20. The van der Waals surface area contributed by atoms with Gasteiger partial charge < -0.3 is 52.8 Å². The number of nitrogens with zero attached hydrogens (tertiary/aromatic N) is 10. The van der Waals surface area contributed by atoms with Crippen LogP contribution in [0.15, 0.2) is 84.2 Å². The smallest absolute Gasteiger partial charge is 0.334 e. The number of ether oxygens (including phenoxy) is 1. The van der Waals surface area contributed by atoms with Gasteiger partial charge in [0.15, 0.2) is 45.5 Å². The number of carbonyl (C=O) groups excluding carboxylic acids is 3. The van der Waals surface area contributed by atoms with Crippen molar-refractivity contribution in [2.24, 2.45) is 0 Å². The summed E-state index contributed by atoms with van der Waals surface area (Å²) in [5.41, 5.74) is 26.6.